The highest BCUT2D eigenvalue weighted by molar-refractivity contribution is 5.41. The molecule has 5 heteroatoms. The maximum absolute atomic E-state index is 5.47. The molecule has 0 radical (unpaired) electrons. The summed E-state index contributed by atoms with van der Waals surface area (Å²) in [5.74, 6) is 0. The van der Waals surface area contributed by atoms with Crippen molar-refractivity contribution in [3.05, 3.63) is 42.2 Å². The number of nitrogens with one attached hydrogen (secondary N) is 1. The van der Waals surface area contributed by atoms with Crippen LogP contribution in [0.5, 0.6) is 0 Å². The lowest BCUT2D eigenvalue weighted by atomic mass is 10.2. The van der Waals surface area contributed by atoms with Gasteiger partial charge in [-0.1, -0.05) is 18.2 Å². The van der Waals surface area contributed by atoms with Crippen molar-refractivity contribution in [2.75, 3.05) is 6.54 Å². The monoisotopic (exact) mass is 229 g/mol. The van der Waals surface area contributed by atoms with Gasteiger partial charge in [0.2, 0.25) is 0 Å². The quantitative estimate of drug-likeness (QED) is 0.773. The number of aryl methyl sites for hydroxylation is 1. The Morgan fingerprint density at radius 2 is 2.00 bits per heavy atom. The van der Waals surface area contributed by atoms with Gasteiger partial charge in [-0.3, -0.25) is 5.10 Å². The van der Waals surface area contributed by atoms with Gasteiger partial charge in [-0.25, -0.2) is 0 Å². The molecule has 1 heterocycles. The van der Waals surface area contributed by atoms with E-state index < -0.39 is 0 Å². The molecule has 17 heavy (non-hydrogen) atoms. The van der Waals surface area contributed by atoms with Gasteiger partial charge in [0.05, 0.1) is 17.6 Å². The van der Waals surface area contributed by atoms with Crippen LogP contribution in [-0.4, -0.2) is 16.7 Å². The largest absolute Gasteiger partial charge is 0.330 e. The maximum atomic E-state index is 5.47. The maximum Gasteiger partial charge on any atom is 0.126 e. The van der Waals surface area contributed by atoms with Crippen molar-refractivity contribution in [1.82, 2.24) is 10.2 Å². The molecule has 0 fully saturated rings. The normalized spacial score (nSPS) is 11.1. The van der Waals surface area contributed by atoms with Crippen LogP contribution >= 0.6 is 0 Å². The molecule has 0 aliphatic heterocycles. The first-order valence-electron chi connectivity index (χ1n) is 5.59. The first-order valence-corrected chi connectivity index (χ1v) is 5.59. The molecule has 0 spiro atoms. The lowest BCUT2D eigenvalue weighted by molar-refractivity contribution is 0.803. The zero-order valence-electron chi connectivity index (χ0n) is 9.50. The zero-order valence-corrected chi connectivity index (χ0v) is 9.50. The van der Waals surface area contributed by atoms with E-state index in [1.807, 2.05) is 30.3 Å². The summed E-state index contributed by atoms with van der Waals surface area (Å²) < 4.78 is 0. The van der Waals surface area contributed by atoms with E-state index in [0.717, 1.165) is 29.9 Å². The lowest BCUT2D eigenvalue weighted by Crippen LogP contribution is -2.00. The molecule has 0 amide bonds. The number of benzene rings is 1. The summed E-state index contributed by atoms with van der Waals surface area (Å²) in [5.41, 5.74) is 8.07. The van der Waals surface area contributed by atoms with E-state index in [1.54, 1.807) is 6.20 Å². The predicted molar refractivity (Wildman–Crippen MR) is 66.6 cm³/mol. The molecular weight excluding hydrogens is 214 g/mol. The molecule has 88 valence electrons. The van der Waals surface area contributed by atoms with E-state index in [-0.39, 0.29) is 0 Å². The minimum Gasteiger partial charge on any atom is -0.330 e. The van der Waals surface area contributed by atoms with E-state index in [0.29, 0.717) is 6.54 Å². The van der Waals surface area contributed by atoms with Gasteiger partial charge in [-0.2, -0.15) is 10.2 Å². The Bertz CT molecular complexity index is 475. The van der Waals surface area contributed by atoms with Crippen LogP contribution in [0.15, 0.2) is 46.8 Å². The van der Waals surface area contributed by atoms with Crippen molar-refractivity contribution < 1.29 is 0 Å². The van der Waals surface area contributed by atoms with Crippen molar-refractivity contribution in [1.29, 1.82) is 0 Å². The summed E-state index contributed by atoms with van der Waals surface area (Å²) in [5, 5.41) is 15.2. The average Bonchev–Trinajstić information content (AvgIpc) is 2.82. The van der Waals surface area contributed by atoms with Crippen LogP contribution in [0, 0.1) is 0 Å². The molecule has 5 nitrogen and oxygen atoms in total. The summed E-state index contributed by atoms with van der Waals surface area (Å²) in [6, 6.07) is 9.62. The van der Waals surface area contributed by atoms with Crippen molar-refractivity contribution in [3.63, 3.8) is 0 Å². The molecule has 0 saturated heterocycles. The van der Waals surface area contributed by atoms with Gasteiger partial charge < -0.3 is 5.73 Å². The Morgan fingerprint density at radius 3 is 2.76 bits per heavy atom. The fourth-order valence-electron chi connectivity index (χ4n) is 1.46. The van der Waals surface area contributed by atoms with Gasteiger partial charge in [0.1, 0.15) is 5.69 Å². The Balaban J connectivity index is 2.08. The van der Waals surface area contributed by atoms with Crippen molar-refractivity contribution in [2.45, 2.75) is 12.8 Å². The molecule has 1 aromatic heterocycles. The van der Waals surface area contributed by atoms with Crippen molar-refractivity contribution >= 4 is 11.4 Å². The van der Waals surface area contributed by atoms with E-state index in [1.165, 1.54) is 0 Å². The number of nitrogens with zero attached hydrogens (tertiary/aromatic N) is 3. The number of rotatable bonds is 5. The van der Waals surface area contributed by atoms with Gasteiger partial charge in [0.15, 0.2) is 0 Å². The van der Waals surface area contributed by atoms with Crippen molar-refractivity contribution in [3.8, 4) is 0 Å². The standard InChI is InChI=1S/C12H15N5/c13-8-4-7-11-12(9-14-16-11)17-15-10-5-2-1-3-6-10/h1-3,5-6,9H,4,7-8,13H2,(H,14,16). The highest BCUT2D eigenvalue weighted by Gasteiger charge is 2.03. The third-order valence-electron chi connectivity index (χ3n) is 2.36. The third-order valence-corrected chi connectivity index (χ3v) is 2.36. The van der Waals surface area contributed by atoms with Gasteiger partial charge in [0.25, 0.3) is 0 Å². The summed E-state index contributed by atoms with van der Waals surface area (Å²) in [7, 11) is 0. The topological polar surface area (TPSA) is 79.4 Å². The SMILES string of the molecule is NCCCc1[nH]ncc1N=Nc1ccccc1. The number of aromatic nitrogens is 2. The zero-order chi connectivity index (χ0) is 11.9. The first kappa shape index (κ1) is 11.5. The van der Waals surface area contributed by atoms with Gasteiger partial charge in [-0.15, -0.1) is 5.11 Å². The second-order valence-electron chi connectivity index (χ2n) is 3.66. The highest BCUT2D eigenvalue weighted by Crippen LogP contribution is 2.20. The Hall–Kier alpha value is -2.01. The average molecular weight is 229 g/mol. The van der Waals surface area contributed by atoms with E-state index in [9.17, 15) is 0 Å². The molecule has 0 aliphatic carbocycles. The summed E-state index contributed by atoms with van der Waals surface area (Å²) in [6.07, 6.45) is 3.44. The fraction of sp³-hybridized carbons (Fsp3) is 0.250. The number of hydrogen-bond donors (Lipinski definition) is 2. The van der Waals surface area contributed by atoms with Crippen LogP contribution in [0.1, 0.15) is 12.1 Å². The summed E-state index contributed by atoms with van der Waals surface area (Å²) in [6.45, 7) is 0.661. The number of azo groups is 1. The molecule has 0 unspecified atom stereocenters. The second-order valence-corrected chi connectivity index (χ2v) is 3.66. The highest BCUT2D eigenvalue weighted by atomic mass is 15.2. The summed E-state index contributed by atoms with van der Waals surface area (Å²) in [4.78, 5) is 0. The summed E-state index contributed by atoms with van der Waals surface area (Å²) >= 11 is 0. The number of hydrogen-bond acceptors (Lipinski definition) is 4. The van der Waals surface area contributed by atoms with Gasteiger partial charge in [-0.05, 0) is 31.5 Å². The van der Waals surface area contributed by atoms with Gasteiger partial charge in [0, 0.05) is 0 Å². The molecule has 0 aliphatic rings. The van der Waals surface area contributed by atoms with Crippen LogP contribution in [0.3, 0.4) is 0 Å². The molecule has 0 saturated carbocycles. The molecule has 0 atom stereocenters. The molecule has 1 aromatic carbocycles. The minimum absolute atomic E-state index is 0.661. The van der Waals surface area contributed by atoms with Crippen LogP contribution < -0.4 is 5.73 Å². The molecule has 0 bridgehead atoms. The molecule has 2 aromatic rings. The van der Waals surface area contributed by atoms with Crippen LogP contribution in [0.2, 0.25) is 0 Å². The van der Waals surface area contributed by atoms with E-state index in [4.69, 9.17) is 5.73 Å². The lowest BCUT2D eigenvalue weighted by Gasteiger charge is -1.96. The van der Waals surface area contributed by atoms with E-state index >= 15 is 0 Å². The minimum atomic E-state index is 0.661. The van der Waals surface area contributed by atoms with Crippen LogP contribution in [0.25, 0.3) is 0 Å². The Morgan fingerprint density at radius 1 is 1.18 bits per heavy atom. The van der Waals surface area contributed by atoms with E-state index in [2.05, 4.69) is 20.4 Å². The predicted octanol–water partition coefficient (Wildman–Crippen LogP) is 2.72. The Labute approximate surface area is 99.8 Å². The van der Waals surface area contributed by atoms with Crippen molar-refractivity contribution in [2.24, 2.45) is 16.0 Å². The number of H-pyrrole nitrogens is 1. The fourth-order valence-corrected chi connectivity index (χ4v) is 1.46. The molecule has 3 N–H and O–H groups in total. The van der Waals surface area contributed by atoms with Crippen LogP contribution in [-0.2, 0) is 6.42 Å². The van der Waals surface area contributed by atoms with Gasteiger partial charge >= 0.3 is 0 Å². The number of nitrogens with two attached hydrogens (primary N) is 1. The molecular formula is C12H15N5. The third kappa shape index (κ3) is 3.22. The smallest absolute Gasteiger partial charge is 0.126 e. The van der Waals surface area contributed by atoms with Crippen LogP contribution in [0.4, 0.5) is 11.4 Å². The first-order chi connectivity index (χ1) is 8.40. The number of aromatic amines is 1. The molecule has 2 rings (SSSR count). The second kappa shape index (κ2) is 5.91. The Kier molecular flexibility index (Phi) is 3.99.